The average molecular weight is 427 g/mol. The summed E-state index contributed by atoms with van der Waals surface area (Å²) < 4.78 is 6.51. The lowest BCUT2D eigenvalue weighted by molar-refractivity contribution is -0.384. The SMILES string of the molecule is O=C(Nc1ccc(OC23CC4CC(CC(C4)C2)C3)cc1)c1cc([N+](=O)[O-])ccc1Cl. The van der Waals surface area contributed by atoms with Gasteiger partial charge in [-0.2, -0.15) is 0 Å². The molecule has 0 radical (unpaired) electrons. The van der Waals surface area contributed by atoms with Crippen molar-refractivity contribution in [3.8, 4) is 5.75 Å². The van der Waals surface area contributed by atoms with Crippen LogP contribution >= 0.6 is 11.6 Å². The van der Waals surface area contributed by atoms with Gasteiger partial charge >= 0.3 is 0 Å². The zero-order valence-corrected chi connectivity index (χ0v) is 17.2. The Balaban J connectivity index is 1.27. The maximum Gasteiger partial charge on any atom is 0.270 e. The number of carbonyl (C=O) groups is 1. The van der Waals surface area contributed by atoms with Crippen LogP contribution in [0.3, 0.4) is 0 Å². The van der Waals surface area contributed by atoms with E-state index in [1.807, 2.05) is 12.1 Å². The number of amides is 1. The van der Waals surface area contributed by atoms with Gasteiger partial charge in [0.15, 0.2) is 0 Å². The van der Waals surface area contributed by atoms with E-state index in [-0.39, 0.29) is 21.9 Å². The lowest BCUT2D eigenvalue weighted by Crippen LogP contribution is -2.53. The Morgan fingerprint density at radius 3 is 2.20 bits per heavy atom. The molecular weight excluding hydrogens is 404 g/mol. The normalized spacial score (nSPS) is 28.9. The highest BCUT2D eigenvalue weighted by Crippen LogP contribution is 2.57. The largest absolute Gasteiger partial charge is 0.487 e. The Hall–Kier alpha value is -2.60. The topological polar surface area (TPSA) is 81.5 Å². The molecule has 4 aliphatic rings. The zero-order chi connectivity index (χ0) is 20.9. The van der Waals surface area contributed by atoms with Crippen LogP contribution in [-0.4, -0.2) is 16.4 Å². The molecule has 4 aliphatic carbocycles. The molecule has 156 valence electrons. The van der Waals surface area contributed by atoms with Crippen LogP contribution in [-0.2, 0) is 0 Å². The molecule has 7 heteroatoms. The van der Waals surface area contributed by atoms with Gasteiger partial charge in [-0.25, -0.2) is 0 Å². The quantitative estimate of drug-likeness (QED) is 0.480. The average Bonchev–Trinajstić information content (AvgIpc) is 2.68. The van der Waals surface area contributed by atoms with Gasteiger partial charge in [0, 0.05) is 17.8 Å². The molecule has 2 aromatic carbocycles. The number of halogens is 1. The molecule has 4 saturated carbocycles. The molecule has 0 unspecified atom stereocenters. The summed E-state index contributed by atoms with van der Waals surface area (Å²) in [5, 5.41) is 13.9. The van der Waals surface area contributed by atoms with Crippen LogP contribution in [0, 0.1) is 27.9 Å². The molecule has 4 fully saturated rings. The Morgan fingerprint density at radius 2 is 1.63 bits per heavy atom. The van der Waals surface area contributed by atoms with E-state index < -0.39 is 10.8 Å². The molecule has 6 rings (SSSR count). The highest BCUT2D eigenvalue weighted by molar-refractivity contribution is 6.34. The van der Waals surface area contributed by atoms with Gasteiger partial charge in [0.25, 0.3) is 11.6 Å². The molecule has 1 amide bonds. The zero-order valence-electron chi connectivity index (χ0n) is 16.5. The minimum absolute atomic E-state index is 0.0178. The van der Waals surface area contributed by atoms with Gasteiger partial charge in [0.05, 0.1) is 15.5 Å². The maximum absolute atomic E-state index is 12.5. The van der Waals surface area contributed by atoms with E-state index in [1.165, 1.54) is 37.5 Å². The van der Waals surface area contributed by atoms with Crippen molar-refractivity contribution < 1.29 is 14.5 Å². The number of nitro benzene ring substituents is 1. The summed E-state index contributed by atoms with van der Waals surface area (Å²) in [6, 6.07) is 11.2. The van der Waals surface area contributed by atoms with E-state index in [2.05, 4.69) is 5.32 Å². The standard InChI is InChI=1S/C23H23ClN2O4/c24-21-6-3-18(26(28)29)10-20(21)22(27)25-17-1-4-19(5-2-17)30-23-11-14-7-15(12-23)9-16(8-14)13-23/h1-6,10,14-16H,7-9,11-13H2,(H,25,27). The Labute approximate surface area is 179 Å². The van der Waals surface area contributed by atoms with E-state index >= 15 is 0 Å². The molecule has 1 N–H and O–H groups in total. The molecular formula is C23H23ClN2O4. The fraction of sp³-hybridized carbons (Fsp3) is 0.435. The highest BCUT2D eigenvalue weighted by Gasteiger charge is 2.52. The molecule has 0 aromatic heterocycles. The number of ether oxygens (including phenoxy) is 1. The van der Waals surface area contributed by atoms with Crippen molar-refractivity contribution >= 4 is 28.9 Å². The van der Waals surface area contributed by atoms with Gasteiger partial charge in [-0.05, 0) is 86.6 Å². The highest BCUT2D eigenvalue weighted by atomic mass is 35.5. The summed E-state index contributed by atoms with van der Waals surface area (Å²) in [4.78, 5) is 23.0. The summed E-state index contributed by atoms with van der Waals surface area (Å²) in [6.45, 7) is 0. The Bertz CT molecular complexity index is 969. The van der Waals surface area contributed by atoms with Crippen molar-refractivity contribution in [2.45, 2.75) is 44.1 Å². The second-order valence-corrected chi connectivity index (χ2v) is 9.51. The predicted octanol–water partition coefficient (Wildman–Crippen LogP) is 5.85. The number of nitrogens with one attached hydrogen (secondary N) is 1. The molecule has 2 aromatic rings. The lowest BCUT2D eigenvalue weighted by atomic mass is 9.54. The summed E-state index contributed by atoms with van der Waals surface area (Å²) in [5.74, 6) is 2.78. The second kappa shape index (κ2) is 7.27. The van der Waals surface area contributed by atoms with E-state index in [0.717, 1.165) is 42.8 Å². The number of rotatable bonds is 5. The van der Waals surface area contributed by atoms with Crippen molar-refractivity contribution in [1.29, 1.82) is 0 Å². The molecule has 0 aliphatic heterocycles. The van der Waals surface area contributed by atoms with Gasteiger partial charge in [-0.15, -0.1) is 0 Å². The van der Waals surface area contributed by atoms with Gasteiger partial charge in [-0.1, -0.05) is 11.6 Å². The maximum atomic E-state index is 12.5. The van der Waals surface area contributed by atoms with Crippen LogP contribution in [0.5, 0.6) is 5.75 Å². The van der Waals surface area contributed by atoms with E-state index in [4.69, 9.17) is 16.3 Å². The Kier molecular flexibility index (Phi) is 4.69. The first-order valence-corrected chi connectivity index (χ1v) is 10.8. The summed E-state index contributed by atoms with van der Waals surface area (Å²) in [7, 11) is 0. The van der Waals surface area contributed by atoms with E-state index in [1.54, 1.807) is 12.1 Å². The number of nitro groups is 1. The first kappa shape index (κ1) is 19.4. The molecule has 0 spiro atoms. The molecule has 4 bridgehead atoms. The molecule has 6 nitrogen and oxygen atoms in total. The second-order valence-electron chi connectivity index (χ2n) is 9.10. The third-order valence-corrected chi connectivity index (χ3v) is 7.16. The van der Waals surface area contributed by atoms with Gasteiger partial charge in [0.2, 0.25) is 0 Å². The van der Waals surface area contributed by atoms with Gasteiger partial charge in [0.1, 0.15) is 11.4 Å². The number of benzene rings is 2. The van der Waals surface area contributed by atoms with Crippen LogP contribution in [0.1, 0.15) is 48.9 Å². The number of nitrogens with zero attached hydrogens (tertiary/aromatic N) is 1. The fourth-order valence-corrected chi connectivity index (χ4v) is 6.22. The molecule has 0 heterocycles. The number of carbonyl (C=O) groups excluding carboxylic acids is 1. The number of hydrogen-bond donors (Lipinski definition) is 1. The molecule has 30 heavy (non-hydrogen) atoms. The minimum Gasteiger partial charge on any atom is -0.487 e. The molecule has 0 saturated heterocycles. The first-order chi connectivity index (χ1) is 14.4. The van der Waals surface area contributed by atoms with Crippen molar-refractivity contribution in [1.82, 2.24) is 0 Å². The Morgan fingerprint density at radius 1 is 1.03 bits per heavy atom. The number of hydrogen-bond acceptors (Lipinski definition) is 4. The number of anilines is 1. The van der Waals surface area contributed by atoms with Crippen LogP contribution in [0.15, 0.2) is 42.5 Å². The number of non-ortho nitro benzene ring substituents is 1. The van der Waals surface area contributed by atoms with Crippen LogP contribution in [0.4, 0.5) is 11.4 Å². The minimum atomic E-state index is -0.552. The summed E-state index contributed by atoms with van der Waals surface area (Å²) >= 11 is 6.06. The summed E-state index contributed by atoms with van der Waals surface area (Å²) in [5.41, 5.74) is 0.458. The van der Waals surface area contributed by atoms with Crippen LogP contribution in [0.25, 0.3) is 0 Å². The summed E-state index contributed by atoms with van der Waals surface area (Å²) in [6.07, 6.45) is 7.57. The van der Waals surface area contributed by atoms with E-state index in [9.17, 15) is 14.9 Å². The monoisotopic (exact) mass is 426 g/mol. The van der Waals surface area contributed by atoms with Crippen molar-refractivity contribution in [2.24, 2.45) is 17.8 Å². The van der Waals surface area contributed by atoms with Crippen LogP contribution < -0.4 is 10.1 Å². The van der Waals surface area contributed by atoms with Crippen molar-refractivity contribution in [3.05, 3.63) is 63.2 Å². The predicted molar refractivity (Wildman–Crippen MR) is 114 cm³/mol. The third-order valence-electron chi connectivity index (χ3n) is 6.83. The fourth-order valence-electron chi connectivity index (χ4n) is 6.01. The smallest absolute Gasteiger partial charge is 0.270 e. The van der Waals surface area contributed by atoms with Gasteiger partial charge < -0.3 is 10.1 Å². The lowest BCUT2D eigenvalue weighted by Gasteiger charge is -2.56. The molecule has 0 atom stereocenters. The van der Waals surface area contributed by atoms with Gasteiger partial charge in [-0.3, -0.25) is 14.9 Å². The van der Waals surface area contributed by atoms with Crippen molar-refractivity contribution in [3.63, 3.8) is 0 Å². The first-order valence-electron chi connectivity index (χ1n) is 10.4. The van der Waals surface area contributed by atoms with E-state index in [0.29, 0.717) is 5.69 Å². The van der Waals surface area contributed by atoms with Crippen LogP contribution in [0.2, 0.25) is 5.02 Å². The third kappa shape index (κ3) is 3.65. The van der Waals surface area contributed by atoms with Crippen molar-refractivity contribution in [2.75, 3.05) is 5.32 Å².